The highest BCUT2D eigenvalue weighted by molar-refractivity contribution is 5.89. The predicted molar refractivity (Wildman–Crippen MR) is 84.6 cm³/mol. The van der Waals surface area contributed by atoms with Gasteiger partial charge < -0.3 is 19.4 Å². The summed E-state index contributed by atoms with van der Waals surface area (Å²) in [4.78, 5) is 25.8. The van der Waals surface area contributed by atoms with Crippen LogP contribution in [-0.2, 0) is 20.9 Å². The molecule has 3 rings (SSSR count). The summed E-state index contributed by atoms with van der Waals surface area (Å²) in [5.41, 5.74) is 0.804. The Morgan fingerprint density at radius 1 is 1.43 bits per heavy atom. The molecule has 122 valence electrons. The third kappa shape index (κ3) is 3.53. The molecule has 1 atom stereocenters. The van der Waals surface area contributed by atoms with Crippen LogP contribution in [0.1, 0.15) is 12.2 Å². The lowest BCUT2D eigenvalue weighted by molar-refractivity contribution is -0.129. The Morgan fingerprint density at radius 2 is 2.26 bits per heavy atom. The quantitative estimate of drug-likeness (QED) is 0.877. The zero-order valence-corrected chi connectivity index (χ0v) is 13.1. The average Bonchev–Trinajstić information content (AvgIpc) is 3.13. The molecule has 6 nitrogen and oxygen atoms in total. The van der Waals surface area contributed by atoms with Crippen molar-refractivity contribution in [2.75, 3.05) is 26.8 Å². The number of rotatable bonds is 6. The molecule has 0 saturated carbocycles. The zero-order valence-electron chi connectivity index (χ0n) is 13.1. The van der Waals surface area contributed by atoms with Gasteiger partial charge in [0, 0.05) is 32.0 Å². The van der Waals surface area contributed by atoms with Crippen LogP contribution in [0.25, 0.3) is 11.0 Å². The first kappa shape index (κ1) is 15.6. The minimum atomic E-state index is -0.302. The number of carbonyl (C=O) groups is 2. The maximum atomic E-state index is 12.2. The number of nitrogens with one attached hydrogen (secondary N) is 1. The second kappa shape index (κ2) is 6.83. The van der Waals surface area contributed by atoms with Gasteiger partial charge in [0.15, 0.2) is 0 Å². The first-order valence-electron chi connectivity index (χ1n) is 7.69. The summed E-state index contributed by atoms with van der Waals surface area (Å²) < 4.78 is 10.6. The van der Waals surface area contributed by atoms with Crippen molar-refractivity contribution in [1.29, 1.82) is 0 Å². The lowest BCUT2D eigenvalue weighted by atomic mass is 10.1. The molecule has 1 aromatic carbocycles. The molecule has 1 fully saturated rings. The van der Waals surface area contributed by atoms with Gasteiger partial charge in [-0.3, -0.25) is 9.59 Å². The van der Waals surface area contributed by atoms with Crippen LogP contribution in [-0.4, -0.2) is 43.5 Å². The average molecular weight is 316 g/mol. The van der Waals surface area contributed by atoms with Crippen molar-refractivity contribution in [2.24, 2.45) is 5.92 Å². The van der Waals surface area contributed by atoms with E-state index in [1.807, 2.05) is 30.3 Å². The number of para-hydroxylation sites is 1. The second-order valence-electron chi connectivity index (χ2n) is 5.70. The Labute approximate surface area is 134 Å². The van der Waals surface area contributed by atoms with Crippen LogP contribution in [0.4, 0.5) is 0 Å². The van der Waals surface area contributed by atoms with Crippen molar-refractivity contribution >= 4 is 22.8 Å². The van der Waals surface area contributed by atoms with Gasteiger partial charge >= 0.3 is 0 Å². The number of carbonyl (C=O) groups excluding carboxylic acids is 2. The van der Waals surface area contributed by atoms with E-state index in [0.717, 1.165) is 11.0 Å². The standard InChI is InChI=1S/C17H20N2O4/c1-22-7-6-19-11-13(9-16(19)20)17(21)18-10-14-8-12-4-2-3-5-15(12)23-14/h2-5,8,13H,6-7,9-11H2,1H3,(H,18,21)/t13-/m1/s1. The first-order valence-corrected chi connectivity index (χ1v) is 7.69. The number of methoxy groups -OCH3 is 1. The smallest absolute Gasteiger partial charge is 0.225 e. The summed E-state index contributed by atoms with van der Waals surface area (Å²) >= 11 is 0. The largest absolute Gasteiger partial charge is 0.459 e. The van der Waals surface area contributed by atoms with Crippen LogP contribution in [0.15, 0.2) is 34.7 Å². The third-order valence-corrected chi connectivity index (χ3v) is 4.06. The van der Waals surface area contributed by atoms with Crippen molar-refractivity contribution < 1.29 is 18.7 Å². The summed E-state index contributed by atoms with van der Waals surface area (Å²) in [5, 5.41) is 3.87. The van der Waals surface area contributed by atoms with Crippen LogP contribution in [0.2, 0.25) is 0 Å². The molecule has 1 saturated heterocycles. The Balaban J connectivity index is 1.54. The molecule has 2 amide bonds. The first-order chi connectivity index (χ1) is 11.2. The summed E-state index contributed by atoms with van der Waals surface area (Å²) in [6, 6.07) is 9.63. The summed E-state index contributed by atoms with van der Waals surface area (Å²) in [6.07, 6.45) is 0.260. The Morgan fingerprint density at radius 3 is 3.04 bits per heavy atom. The van der Waals surface area contributed by atoms with Crippen molar-refractivity contribution in [2.45, 2.75) is 13.0 Å². The van der Waals surface area contributed by atoms with E-state index < -0.39 is 0 Å². The number of ether oxygens (including phenoxy) is 1. The van der Waals surface area contributed by atoms with Gasteiger partial charge in [-0.05, 0) is 12.1 Å². The normalized spacial score (nSPS) is 17.9. The fourth-order valence-corrected chi connectivity index (χ4v) is 2.81. The Bertz CT molecular complexity index is 676. The number of hydrogen-bond acceptors (Lipinski definition) is 4. The number of likely N-dealkylation sites (tertiary alicyclic amines) is 1. The van der Waals surface area contributed by atoms with E-state index >= 15 is 0 Å². The van der Waals surface area contributed by atoms with Gasteiger partial charge in [0.25, 0.3) is 0 Å². The number of amides is 2. The lowest BCUT2D eigenvalue weighted by Gasteiger charge is -2.15. The van der Waals surface area contributed by atoms with Crippen LogP contribution >= 0.6 is 0 Å². The fraction of sp³-hybridized carbons (Fsp3) is 0.412. The lowest BCUT2D eigenvalue weighted by Crippen LogP contribution is -2.33. The van der Waals surface area contributed by atoms with Gasteiger partial charge in [-0.15, -0.1) is 0 Å². The third-order valence-electron chi connectivity index (χ3n) is 4.06. The molecule has 2 heterocycles. The number of furan rings is 1. The number of benzene rings is 1. The summed E-state index contributed by atoms with van der Waals surface area (Å²) in [6.45, 7) is 1.80. The van der Waals surface area contributed by atoms with Gasteiger partial charge in [-0.25, -0.2) is 0 Å². The fourth-order valence-electron chi connectivity index (χ4n) is 2.81. The van der Waals surface area contributed by atoms with E-state index in [0.29, 0.717) is 32.0 Å². The minimum Gasteiger partial charge on any atom is -0.459 e. The van der Waals surface area contributed by atoms with E-state index in [9.17, 15) is 9.59 Å². The molecule has 1 aliphatic heterocycles. The second-order valence-corrected chi connectivity index (χ2v) is 5.70. The van der Waals surface area contributed by atoms with Crippen molar-refractivity contribution in [3.8, 4) is 0 Å². The Hall–Kier alpha value is -2.34. The van der Waals surface area contributed by atoms with E-state index in [1.54, 1.807) is 12.0 Å². The molecule has 23 heavy (non-hydrogen) atoms. The molecule has 2 aromatic rings. The topological polar surface area (TPSA) is 71.8 Å². The molecule has 6 heteroatoms. The maximum Gasteiger partial charge on any atom is 0.225 e. The van der Waals surface area contributed by atoms with Crippen molar-refractivity contribution in [3.63, 3.8) is 0 Å². The van der Waals surface area contributed by atoms with Crippen LogP contribution in [0.3, 0.4) is 0 Å². The highest BCUT2D eigenvalue weighted by atomic mass is 16.5. The van der Waals surface area contributed by atoms with Gasteiger partial charge in [0.1, 0.15) is 11.3 Å². The van der Waals surface area contributed by atoms with Crippen molar-refractivity contribution in [3.05, 3.63) is 36.1 Å². The molecular formula is C17H20N2O4. The highest BCUT2D eigenvalue weighted by Crippen LogP contribution is 2.20. The number of fused-ring (bicyclic) bond motifs is 1. The van der Waals surface area contributed by atoms with E-state index in [-0.39, 0.29) is 24.2 Å². The van der Waals surface area contributed by atoms with Crippen LogP contribution in [0.5, 0.6) is 0 Å². The zero-order chi connectivity index (χ0) is 16.2. The molecule has 0 unspecified atom stereocenters. The molecule has 1 N–H and O–H groups in total. The number of nitrogens with zero attached hydrogens (tertiary/aromatic N) is 1. The van der Waals surface area contributed by atoms with Gasteiger partial charge in [-0.1, -0.05) is 18.2 Å². The molecule has 1 aromatic heterocycles. The summed E-state index contributed by atoms with van der Waals surface area (Å²) in [7, 11) is 1.60. The Kier molecular flexibility index (Phi) is 4.62. The predicted octanol–water partition coefficient (Wildman–Crippen LogP) is 1.54. The summed E-state index contributed by atoms with van der Waals surface area (Å²) in [5.74, 6) is 0.300. The minimum absolute atomic E-state index is 0.00550. The molecule has 1 aliphatic rings. The van der Waals surface area contributed by atoms with Gasteiger partial charge in [0.05, 0.1) is 19.1 Å². The molecule has 0 bridgehead atoms. The highest BCUT2D eigenvalue weighted by Gasteiger charge is 2.33. The molecule has 0 radical (unpaired) electrons. The van der Waals surface area contributed by atoms with Gasteiger partial charge in [-0.2, -0.15) is 0 Å². The maximum absolute atomic E-state index is 12.2. The molecule has 0 aliphatic carbocycles. The van der Waals surface area contributed by atoms with Crippen molar-refractivity contribution in [1.82, 2.24) is 10.2 Å². The molecular weight excluding hydrogens is 296 g/mol. The van der Waals surface area contributed by atoms with E-state index in [4.69, 9.17) is 9.15 Å². The monoisotopic (exact) mass is 316 g/mol. The SMILES string of the molecule is COCCN1C[C@H](C(=O)NCc2cc3ccccc3o2)CC1=O. The number of hydrogen-bond donors (Lipinski definition) is 1. The van der Waals surface area contributed by atoms with E-state index in [2.05, 4.69) is 5.32 Å². The van der Waals surface area contributed by atoms with Gasteiger partial charge in [0.2, 0.25) is 11.8 Å². The van der Waals surface area contributed by atoms with Crippen LogP contribution < -0.4 is 5.32 Å². The molecule has 0 spiro atoms. The van der Waals surface area contributed by atoms with Crippen LogP contribution in [0, 0.1) is 5.92 Å². The van der Waals surface area contributed by atoms with E-state index in [1.165, 1.54) is 0 Å².